The number of fused-ring (bicyclic) bond motifs is 2. The fraction of sp³-hybridized carbons (Fsp3) is 0.333. The Morgan fingerprint density at radius 3 is 2.15 bits per heavy atom. The Labute approximate surface area is 155 Å². The van der Waals surface area contributed by atoms with Gasteiger partial charge in [0.1, 0.15) is 5.82 Å². The second-order valence-electron chi connectivity index (χ2n) is 6.63. The Balaban J connectivity index is 2.41. The zero-order chi connectivity index (χ0) is 20.2. The largest absolute Gasteiger partial charge is 0.332 e. The van der Waals surface area contributed by atoms with Gasteiger partial charge in [0.25, 0.3) is 5.56 Å². The summed E-state index contributed by atoms with van der Waals surface area (Å²) in [6.07, 6.45) is 0. The predicted molar refractivity (Wildman–Crippen MR) is 103 cm³/mol. The highest BCUT2D eigenvalue weighted by Crippen LogP contribution is 2.46. The molecule has 0 fully saturated rings. The molecular weight excluding hydrogens is 350 g/mol. The number of rotatable bonds is 1. The highest BCUT2D eigenvalue weighted by Gasteiger charge is 2.35. The first-order valence-electron chi connectivity index (χ1n) is 8.33. The van der Waals surface area contributed by atoms with E-state index in [9.17, 15) is 19.2 Å². The molecule has 27 heavy (non-hydrogen) atoms. The summed E-state index contributed by atoms with van der Waals surface area (Å²) in [5, 5.41) is 2.75. The van der Waals surface area contributed by atoms with Crippen LogP contribution in [0.1, 0.15) is 19.4 Å². The summed E-state index contributed by atoms with van der Waals surface area (Å²) in [5.74, 6) is -0.266. The van der Waals surface area contributed by atoms with Crippen LogP contribution in [0.2, 0.25) is 0 Å². The van der Waals surface area contributed by atoms with Gasteiger partial charge < -0.3 is 10.2 Å². The fourth-order valence-electron chi connectivity index (χ4n) is 3.41. The molecule has 142 valence electrons. The van der Waals surface area contributed by atoms with Crippen LogP contribution >= 0.6 is 0 Å². The predicted octanol–water partition coefficient (Wildman–Crippen LogP) is 1.12. The molecular formula is C18H21N5O4. The lowest BCUT2D eigenvalue weighted by Crippen LogP contribution is -2.45. The molecule has 3 rings (SSSR count). The van der Waals surface area contributed by atoms with Crippen LogP contribution < -0.4 is 26.4 Å². The van der Waals surface area contributed by atoms with Gasteiger partial charge in [0.05, 0.1) is 11.4 Å². The van der Waals surface area contributed by atoms with Crippen LogP contribution in [0.25, 0.3) is 0 Å². The van der Waals surface area contributed by atoms with Crippen molar-refractivity contribution in [3.63, 3.8) is 0 Å². The third kappa shape index (κ3) is 2.62. The minimum absolute atomic E-state index is 0.119. The number of aromatic nitrogens is 2. The second-order valence-corrected chi connectivity index (χ2v) is 6.63. The Bertz CT molecular complexity index is 1110. The van der Waals surface area contributed by atoms with E-state index in [1.165, 1.54) is 30.4 Å². The van der Waals surface area contributed by atoms with Crippen LogP contribution in [0.3, 0.4) is 0 Å². The van der Waals surface area contributed by atoms with Crippen LogP contribution in [-0.4, -0.2) is 28.0 Å². The minimum Gasteiger partial charge on any atom is -0.327 e. The van der Waals surface area contributed by atoms with Gasteiger partial charge in [0.2, 0.25) is 11.8 Å². The van der Waals surface area contributed by atoms with E-state index in [0.29, 0.717) is 22.9 Å². The molecule has 0 bridgehead atoms. The zero-order valence-electron chi connectivity index (χ0n) is 16.1. The average Bonchev–Trinajstić information content (AvgIpc) is 2.58. The van der Waals surface area contributed by atoms with Crippen molar-refractivity contribution in [2.75, 3.05) is 22.2 Å². The van der Waals surface area contributed by atoms with Crippen molar-refractivity contribution < 1.29 is 9.59 Å². The molecule has 9 heteroatoms. The highest BCUT2D eigenvalue weighted by atomic mass is 16.2. The van der Waals surface area contributed by atoms with Gasteiger partial charge >= 0.3 is 5.69 Å². The van der Waals surface area contributed by atoms with Crippen molar-refractivity contribution in [1.29, 1.82) is 0 Å². The summed E-state index contributed by atoms with van der Waals surface area (Å²) in [5.41, 5.74) is 1.52. The molecule has 1 aliphatic rings. The first kappa shape index (κ1) is 18.4. The third-order valence-electron chi connectivity index (χ3n) is 4.70. The first-order chi connectivity index (χ1) is 12.6. The molecule has 0 spiro atoms. The Kier molecular flexibility index (Phi) is 4.17. The number of benzene rings is 1. The normalized spacial score (nSPS) is 12.5. The van der Waals surface area contributed by atoms with Crippen molar-refractivity contribution in [2.45, 2.75) is 20.8 Å². The lowest BCUT2D eigenvalue weighted by atomic mass is 10.1. The molecule has 0 atom stereocenters. The van der Waals surface area contributed by atoms with Gasteiger partial charge in [-0.2, -0.15) is 0 Å². The van der Waals surface area contributed by atoms with Crippen molar-refractivity contribution in [3.05, 3.63) is 38.5 Å². The van der Waals surface area contributed by atoms with Crippen molar-refractivity contribution in [1.82, 2.24) is 9.13 Å². The number of anilines is 5. The van der Waals surface area contributed by atoms with E-state index < -0.39 is 11.2 Å². The van der Waals surface area contributed by atoms with Gasteiger partial charge in [-0.15, -0.1) is 0 Å². The number of hydrogen-bond donors (Lipinski definition) is 1. The standard InChI is InChI=1S/C18H21N5O4/c1-9-7-14-13(8-12(9)19-10(2)24)20(4)16-15(23(14)11(3)25)17(26)22(6)18(27)21(16)5/h7-8H,1-6H3,(H,19,24). The summed E-state index contributed by atoms with van der Waals surface area (Å²) >= 11 is 0. The molecule has 0 radical (unpaired) electrons. The van der Waals surface area contributed by atoms with Gasteiger partial charge in [-0.25, -0.2) is 4.79 Å². The summed E-state index contributed by atoms with van der Waals surface area (Å²) in [6.45, 7) is 4.58. The smallest absolute Gasteiger partial charge is 0.327 e. The Morgan fingerprint density at radius 1 is 0.963 bits per heavy atom. The summed E-state index contributed by atoms with van der Waals surface area (Å²) in [6, 6.07) is 3.47. The molecule has 1 aromatic carbocycles. The number of amides is 2. The quantitative estimate of drug-likeness (QED) is 0.810. The number of nitrogens with one attached hydrogen (secondary N) is 1. The van der Waals surface area contributed by atoms with Crippen LogP contribution in [0, 0.1) is 6.92 Å². The number of carbonyl (C=O) groups excluding carboxylic acids is 2. The average molecular weight is 371 g/mol. The van der Waals surface area contributed by atoms with E-state index in [0.717, 1.165) is 10.1 Å². The van der Waals surface area contributed by atoms with Crippen molar-refractivity contribution in [3.8, 4) is 0 Å². The van der Waals surface area contributed by atoms with Gasteiger partial charge in [-0.1, -0.05) is 0 Å². The Morgan fingerprint density at radius 2 is 1.59 bits per heavy atom. The number of nitrogens with zero attached hydrogens (tertiary/aromatic N) is 4. The zero-order valence-corrected chi connectivity index (χ0v) is 16.1. The van der Waals surface area contributed by atoms with Gasteiger partial charge in [0, 0.05) is 40.7 Å². The van der Waals surface area contributed by atoms with Gasteiger partial charge in [-0.05, 0) is 24.6 Å². The molecule has 0 unspecified atom stereocenters. The molecule has 2 heterocycles. The second kappa shape index (κ2) is 6.11. The monoisotopic (exact) mass is 371 g/mol. The van der Waals surface area contributed by atoms with Crippen LogP contribution in [-0.2, 0) is 23.7 Å². The van der Waals surface area contributed by atoms with Crippen molar-refractivity contribution in [2.24, 2.45) is 14.1 Å². The molecule has 1 aliphatic heterocycles. The van der Waals surface area contributed by atoms with E-state index in [-0.39, 0.29) is 17.5 Å². The molecule has 1 N–H and O–H groups in total. The van der Waals surface area contributed by atoms with Crippen LogP contribution in [0.15, 0.2) is 21.7 Å². The van der Waals surface area contributed by atoms with Gasteiger partial charge in [-0.3, -0.25) is 28.4 Å². The van der Waals surface area contributed by atoms with E-state index in [2.05, 4.69) is 5.32 Å². The molecule has 0 saturated heterocycles. The minimum atomic E-state index is -0.551. The number of aryl methyl sites for hydroxylation is 1. The maximum absolute atomic E-state index is 12.8. The highest BCUT2D eigenvalue weighted by molar-refractivity contribution is 6.09. The summed E-state index contributed by atoms with van der Waals surface area (Å²) < 4.78 is 2.31. The first-order valence-corrected chi connectivity index (χ1v) is 8.33. The van der Waals surface area contributed by atoms with Crippen molar-refractivity contribution >= 4 is 40.4 Å². The van der Waals surface area contributed by atoms with Gasteiger partial charge in [0.15, 0.2) is 5.69 Å². The fourth-order valence-corrected chi connectivity index (χ4v) is 3.41. The van der Waals surface area contributed by atoms with Crippen LogP contribution in [0.5, 0.6) is 0 Å². The topological polar surface area (TPSA) is 96.6 Å². The maximum atomic E-state index is 12.8. The molecule has 2 amide bonds. The Hall–Kier alpha value is -3.36. The molecule has 0 saturated carbocycles. The van der Waals surface area contributed by atoms with E-state index in [4.69, 9.17) is 0 Å². The third-order valence-corrected chi connectivity index (χ3v) is 4.70. The summed E-state index contributed by atoms with van der Waals surface area (Å²) in [7, 11) is 4.63. The molecule has 9 nitrogen and oxygen atoms in total. The number of carbonyl (C=O) groups is 2. The SMILES string of the molecule is CC(=O)Nc1cc2c(cc1C)N(C(C)=O)c1c(n(C)c(=O)n(C)c1=O)N2C. The lowest BCUT2D eigenvalue weighted by Gasteiger charge is -2.37. The maximum Gasteiger partial charge on any atom is 0.332 e. The lowest BCUT2D eigenvalue weighted by molar-refractivity contribution is -0.116. The number of hydrogen-bond acceptors (Lipinski definition) is 5. The molecule has 0 aliphatic carbocycles. The van der Waals surface area contributed by atoms with E-state index >= 15 is 0 Å². The molecule has 2 aromatic rings. The van der Waals surface area contributed by atoms with E-state index in [1.54, 1.807) is 38.1 Å². The molecule has 1 aromatic heterocycles. The van der Waals surface area contributed by atoms with Crippen LogP contribution in [0.4, 0.5) is 28.6 Å². The summed E-state index contributed by atoms with van der Waals surface area (Å²) in [4.78, 5) is 52.2. The van der Waals surface area contributed by atoms with E-state index in [1.807, 2.05) is 0 Å².